The Bertz CT molecular complexity index is 619. The Labute approximate surface area is 115 Å². The van der Waals surface area contributed by atoms with Gasteiger partial charge in [-0.1, -0.05) is 0 Å². The summed E-state index contributed by atoms with van der Waals surface area (Å²) >= 11 is 1.08. The Morgan fingerprint density at radius 2 is 2.00 bits per heavy atom. The van der Waals surface area contributed by atoms with Crippen LogP contribution >= 0.6 is 11.8 Å². The van der Waals surface area contributed by atoms with E-state index >= 15 is 0 Å². The maximum atomic E-state index is 12.1. The van der Waals surface area contributed by atoms with Gasteiger partial charge in [0.1, 0.15) is 11.2 Å². The fraction of sp³-hybridized carbons (Fsp3) is 0.143. The largest absolute Gasteiger partial charge is 0.469 e. The standard InChI is InChI=1S/C14H12N2O2S/c1-9-7-18-10(2)13(9)14(17)16-11-3-5-12(6-4-11)19-8-15/h3-7H,1-2H3,(H,16,17). The van der Waals surface area contributed by atoms with Gasteiger partial charge in [-0.3, -0.25) is 4.79 Å². The normalized spacial score (nSPS) is 9.95. The fourth-order valence-corrected chi connectivity index (χ4v) is 2.14. The van der Waals surface area contributed by atoms with Crippen molar-refractivity contribution in [2.45, 2.75) is 18.7 Å². The van der Waals surface area contributed by atoms with Gasteiger partial charge in [0, 0.05) is 16.1 Å². The molecule has 5 heteroatoms. The molecule has 1 amide bonds. The Hall–Kier alpha value is -2.19. The van der Waals surface area contributed by atoms with E-state index in [2.05, 4.69) is 5.32 Å². The van der Waals surface area contributed by atoms with Crippen molar-refractivity contribution in [3.8, 4) is 5.40 Å². The first kappa shape index (κ1) is 13.2. The topological polar surface area (TPSA) is 66.0 Å². The molecular formula is C14H12N2O2S. The molecule has 1 aromatic heterocycles. The molecule has 0 radical (unpaired) electrons. The zero-order valence-electron chi connectivity index (χ0n) is 10.6. The Morgan fingerprint density at radius 3 is 2.53 bits per heavy atom. The summed E-state index contributed by atoms with van der Waals surface area (Å²) in [7, 11) is 0. The Kier molecular flexibility index (Phi) is 3.93. The number of nitrogens with one attached hydrogen (secondary N) is 1. The van der Waals surface area contributed by atoms with Crippen molar-refractivity contribution in [2.75, 3.05) is 5.32 Å². The first-order valence-corrected chi connectivity index (χ1v) is 6.45. The van der Waals surface area contributed by atoms with Crippen LogP contribution in [0.15, 0.2) is 39.8 Å². The first-order chi connectivity index (χ1) is 9.11. The molecule has 1 aromatic carbocycles. The van der Waals surface area contributed by atoms with E-state index in [1.807, 2.05) is 12.3 Å². The van der Waals surface area contributed by atoms with Crippen LogP contribution in [0.2, 0.25) is 0 Å². The smallest absolute Gasteiger partial charge is 0.259 e. The fourth-order valence-electron chi connectivity index (χ4n) is 1.76. The number of hydrogen-bond acceptors (Lipinski definition) is 4. The molecule has 0 saturated heterocycles. The summed E-state index contributed by atoms with van der Waals surface area (Å²) in [5, 5.41) is 13.4. The van der Waals surface area contributed by atoms with Crippen molar-refractivity contribution in [1.82, 2.24) is 0 Å². The molecule has 0 aliphatic rings. The number of amides is 1. The molecule has 0 bridgehead atoms. The molecular weight excluding hydrogens is 260 g/mol. The molecule has 1 heterocycles. The highest BCUT2D eigenvalue weighted by Crippen LogP contribution is 2.21. The van der Waals surface area contributed by atoms with Crippen LogP contribution < -0.4 is 5.32 Å². The molecule has 19 heavy (non-hydrogen) atoms. The third-order valence-corrected chi connectivity index (χ3v) is 3.26. The second-order valence-corrected chi connectivity index (χ2v) is 4.88. The zero-order valence-corrected chi connectivity index (χ0v) is 11.4. The van der Waals surface area contributed by atoms with Gasteiger partial charge in [0.05, 0.1) is 11.8 Å². The van der Waals surface area contributed by atoms with Gasteiger partial charge in [-0.15, -0.1) is 0 Å². The second-order valence-electron chi connectivity index (χ2n) is 4.02. The summed E-state index contributed by atoms with van der Waals surface area (Å²) in [6.07, 6.45) is 1.57. The minimum atomic E-state index is -0.190. The van der Waals surface area contributed by atoms with Crippen LogP contribution in [0.3, 0.4) is 0 Å². The lowest BCUT2D eigenvalue weighted by Gasteiger charge is -2.05. The lowest BCUT2D eigenvalue weighted by atomic mass is 10.1. The van der Waals surface area contributed by atoms with Gasteiger partial charge in [0.25, 0.3) is 5.91 Å². The van der Waals surface area contributed by atoms with Crippen LogP contribution in [-0.4, -0.2) is 5.91 Å². The Balaban J connectivity index is 2.13. The highest BCUT2D eigenvalue weighted by Gasteiger charge is 2.15. The zero-order chi connectivity index (χ0) is 13.8. The van der Waals surface area contributed by atoms with Gasteiger partial charge < -0.3 is 9.73 Å². The lowest BCUT2D eigenvalue weighted by Crippen LogP contribution is -2.13. The third kappa shape index (κ3) is 2.98. The van der Waals surface area contributed by atoms with E-state index in [1.165, 1.54) is 0 Å². The third-order valence-electron chi connectivity index (χ3n) is 2.66. The number of nitriles is 1. The van der Waals surface area contributed by atoms with Crippen LogP contribution in [0, 0.1) is 24.5 Å². The maximum absolute atomic E-state index is 12.1. The number of carbonyl (C=O) groups is 1. The molecule has 4 nitrogen and oxygen atoms in total. The first-order valence-electron chi connectivity index (χ1n) is 5.64. The van der Waals surface area contributed by atoms with E-state index in [9.17, 15) is 4.79 Å². The van der Waals surface area contributed by atoms with Crippen molar-refractivity contribution < 1.29 is 9.21 Å². The number of anilines is 1. The minimum absolute atomic E-state index is 0.190. The average Bonchev–Trinajstić information content (AvgIpc) is 2.72. The quantitative estimate of drug-likeness (QED) is 0.683. The van der Waals surface area contributed by atoms with Crippen molar-refractivity contribution >= 4 is 23.4 Å². The molecule has 0 unspecified atom stereocenters. The SMILES string of the molecule is Cc1coc(C)c1C(=O)Nc1ccc(SC#N)cc1. The summed E-state index contributed by atoms with van der Waals surface area (Å²) in [6.45, 7) is 3.59. The second kappa shape index (κ2) is 5.63. The van der Waals surface area contributed by atoms with Gasteiger partial charge in [-0.2, -0.15) is 5.26 Å². The highest BCUT2D eigenvalue weighted by atomic mass is 32.2. The highest BCUT2D eigenvalue weighted by molar-refractivity contribution is 8.03. The van der Waals surface area contributed by atoms with Crippen LogP contribution in [0.5, 0.6) is 0 Å². The Morgan fingerprint density at radius 1 is 1.32 bits per heavy atom. The van der Waals surface area contributed by atoms with E-state index in [0.717, 1.165) is 22.2 Å². The van der Waals surface area contributed by atoms with Crippen LogP contribution in [-0.2, 0) is 0 Å². The van der Waals surface area contributed by atoms with Crippen molar-refractivity contribution in [3.63, 3.8) is 0 Å². The molecule has 96 valence electrons. The van der Waals surface area contributed by atoms with Crippen molar-refractivity contribution in [2.24, 2.45) is 0 Å². The number of thioether (sulfide) groups is 1. The lowest BCUT2D eigenvalue weighted by molar-refractivity contribution is 0.102. The molecule has 0 fully saturated rings. The predicted octanol–water partition coefficient (Wildman–Crippen LogP) is 3.72. The molecule has 0 aliphatic carbocycles. The number of hydrogen-bond donors (Lipinski definition) is 1. The molecule has 2 aromatic rings. The minimum Gasteiger partial charge on any atom is -0.469 e. The molecule has 1 N–H and O–H groups in total. The van der Waals surface area contributed by atoms with E-state index < -0.39 is 0 Å². The monoisotopic (exact) mass is 272 g/mol. The molecule has 0 aliphatic heterocycles. The molecule has 0 saturated carbocycles. The van der Waals surface area contributed by atoms with Crippen LogP contribution in [0.4, 0.5) is 5.69 Å². The number of rotatable bonds is 3. The van der Waals surface area contributed by atoms with Gasteiger partial charge in [-0.25, -0.2) is 0 Å². The van der Waals surface area contributed by atoms with Crippen LogP contribution in [0.25, 0.3) is 0 Å². The van der Waals surface area contributed by atoms with E-state index in [-0.39, 0.29) is 5.91 Å². The van der Waals surface area contributed by atoms with Gasteiger partial charge in [0.15, 0.2) is 0 Å². The van der Waals surface area contributed by atoms with E-state index in [0.29, 0.717) is 17.0 Å². The van der Waals surface area contributed by atoms with Gasteiger partial charge in [0.2, 0.25) is 0 Å². The number of nitrogens with zero attached hydrogens (tertiary/aromatic N) is 1. The number of aryl methyl sites for hydroxylation is 2. The van der Waals surface area contributed by atoms with E-state index in [4.69, 9.17) is 9.68 Å². The summed E-state index contributed by atoms with van der Waals surface area (Å²) in [5.74, 6) is 0.413. The summed E-state index contributed by atoms with van der Waals surface area (Å²) in [4.78, 5) is 12.9. The molecule has 2 rings (SSSR count). The summed E-state index contributed by atoms with van der Waals surface area (Å²) in [6, 6.07) is 7.11. The molecule has 0 atom stereocenters. The van der Waals surface area contributed by atoms with Crippen molar-refractivity contribution in [3.05, 3.63) is 47.4 Å². The van der Waals surface area contributed by atoms with Gasteiger partial charge >= 0.3 is 0 Å². The summed E-state index contributed by atoms with van der Waals surface area (Å²) in [5.41, 5.74) is 2.06. The number of thiocyanates is 1. The van der Waals surface area contributed by atoms with E-state index in [1.54, 1.807) is 37.5 Å². The van der Waals surface area contributed by atoms with Crippen molar-refractivity contribution in [1.29, 1.82) is 5.26 Å². The summed E-state index contributed by atoms with van der Waals surface area (Å²) < 4.78 is 5.20. The molecule has 0 spiro atoms. The van der Waals surface area contributed by atoms with Gasteiger partial charge in [-0.05, 0) is 49.9 Å². The predicted molar refractivity (Wildman–Crippen MR) is 74.0 cm³/mol. The number of furan rings is 1. The van der Waals surface area contributed by atoms with Crippen LogP contribution in [0.1, 0.15) is 21.7 Å². The number of carbonyl (C=O) groups excluding carboxylic acids is 1. The number of benzene rings is 1. The maximum Gasteiger partial charge on any atom is 0.259 e. The average molecular weight is 272 g/mol.